The van der Waals surface area contributed by atoms with Crippen LogP contribution in [0.25, 0.3) is 0 Å². The van der Waals surface area contributed by atoms with Crippen molar-refractivity contribution in [2.24, 2.45) is 11.8 Å². The normalized spacial score (nSPS) is 29.9. The highest BCUT2D eigenvalue weighted by atomic mass is 16.3. The van der Waals surface area contributed by atoms with Crippen LogP contribution in [0.3, 0.4) is 0 Å². The maximum absolute atomic E-state index is 12.0. The van der Waals surface area contributed by atoms with Crippen LogP contribution in [0.2, 0.25) is 0 Å². The third kappa shape index (κ3) is 2.50. The lowest BCUT2D eigenvalue weighted by Crippen LogP contribution is -2.39. The Morgan fingerprint density at radius 1 is 1.35 bits per heavy atom. The van der Waals surface area contributed by atoms with Gasteiger partial charge in [0.15, 0.2) is 0 Å². The summed E-state index contributed by atoms with van der Waals surface area (Å²) in [5.74, 6) is -0.0637. The summed E-state index contributed by atoms with van der Waals surface area (Å²) in [5.41, 5.74) is 0. The van der Waals surface area contributed by atoms with E-state index in [4.69, 9.17) is 5.11 Å². The molecule has 5 heteroatoms. The third-order valence-corrected chi connectivity index (χ3v) is 3.63. The number of rotatable bonds is 5. The maximum Gasteiger partial charge on any atom is 0.233 e. The Balaban J connectivity index is 1.81. The van der Waals surface area contributed by atoms with E-state index in [1.165, 1.54) is 4.90 Å². The van der Waals surface area contributed by atoms with Gasteiger partial charge in [-0.3, -0.25) is 14.5 Å². The molecule has 3 atom stereocenters. The molecule has 0 bridgehead atoms. The molecule has 2 aliphatic rings. The zero-order valence-electron chi connectivity index (χ0n) is 10.2. The summed E-state index contributed by atoms with van der Waals surface area (Å²) < 4.78 is 0. The Morgan fingerprint density at radius 2 is 1.94 bits per heavy atom. The Morgan fingerprint density at radius 3 is 2.47 bits per heavy atom. The Kier molecular flexibility index (Phi) is 3.79. The minimum absolute atomic E-state index is 0.0105. The van der Waals surface area contributed by atoms with Gasteiger partial charge in [-0.05, 0) is 19.8 Å². The van der Waals surface area contributed by atoms with Gasteiger partial charge in [-0.25, -0.2) is 0 Å². The number of carbonyl (C=O) groups excluding carboxylic acids is 2. The van der Waals surface area contributed by atoms with Crippen molar-refractivity contribution in [2.45, 2.75) is 32.3 Å². The van der Waals surface area contributed by atoms with Gasteiger partial charge in [-0.1, -0.05) is 6.42 Å². The average molecular weight is 240 g/mol. The average Bonchev–Trinajstić information content (AvgIpc) is 2.82. The number of amides is 2. The SMILES string of the molecule is CC(O)CNCCN1C(=O)C2CCCC2C1=O. The van der Waals surface area contributed by atoms with E-state index in [2.05, 4.69) is 5.32 Å². The molecule has 0 radical (unpaired) electrons. The summed E-state index contributed by atoms with van der Waals surface area (Å²) >= 11 is 0. The molecule has 1 saturated carbocycles. The van der Waals surface area contributed by atoms with Gasteiger partial charge in [0.05, 0.1) is 17.9 Å². The number of aliphatic hydroxyl groups excluding tert-OH is 1. The highest BCUT2D eigenvalue weighted by Crippen LogP contribution is 2.39. The summed E-state index contributed by atoms with van der Waals surface area (Å²) in [6.45, 7) is 3.17. The molecule has 5 nitrogen and oxygen atoms in total. The molecule has 2 N–H and O–H groups in total. The molecule has 0 aromatic heterocycles. The fraction of sp³-hybridized carbons (Fsp3) is 0.833. The van der Waals surface area contributed by atoms with Crippen molar-refractivity contribution in [3.05, 3.63) is 0 Å². The number of aliphatic hydroxyl groups is 1. The van der Waals surface area contributed by atoms with Crippen LogP contribution in [0.15, 0.2) is 0 Å². The molecule has 1 aliphatic heterocycles. The molecule has 1 aliphatic carbocycles. The second-order valence-corrected chi connectivity index (χ2v) is 5.03. The molecule has 0 spiro atoms. The van der Waals surface area contributed by atoms with Crippen LogP contribution in [-0.4, -0.2) is 47.6 Å². The highest BCUT2D eigenvalue weighted by molar-refractivity contribution is 6.05. The highest BCUT2D eigenvalue weighted by Gasteiger charge is 2.49. The number of hydrogen-bond donors (Lipinski definition) is 2. The first-order chi connectivity index (χ1) is 8.11. The summed E-state index contributed by atoms with van der Waals surface area (Å²) in [7, 11) is 0. The predicted molar refractivity (Wildman–Crippen MR) is 62.1 cm³/mol. The van der Waals surface area contributed by atoms with Crippen molar-refractivity contribution >= 4 is 11.8 Å². The topological polar surface area (TPSA) is 69.6 Å². The minimum Gasteiger partial charge on any atom is -0.392 e. The van der Waals surface area contributed by atoms with Gasteiger partial charge >= 0.3 is 0 Å². The molecule has 2 amide bonds. The lowest BCUT2D eigenvalue weighted by molar-refractivity contribution is -0.140. The number of carbonyl (C=O) groups is 2. The van der Waals surface area contributed by atoms with Gasteiger partial charge in [-0.15, -0.1) is 0 Å². The van der Waals surface area contributed by atoms with Crippen molar-refractivity contribution in [3.63, 3.8) is 0 Å². The maximum atomic E-state index is 12.0. The zero-order valence-corrected chi connectivity index (χ0v) is 10.2. The van der Waals surface area contributed by atoms with Crippen LogP contribution in [0.1, 0.15) is 26.2 Å². The summed E-state index contributed by atoms with van der Waals surface area (Å²) in [6, 6.07) is 0. The van der Waals surface area contributed by atoms with Gasteiger partial charge in [0.25, 0.3) is 0 Å². The molecule has 96 valence electrons. The van der Waals surface area contributed by atoms with E-state index in [-0.39, 0.29) is 23.7 Å². The van der Waals surface area contributed by atoms with E-state index in [0.717, 1.165) is 19.3 Å². The summed E-state index contributed by atoms with van der Waals surface area (Å²) in [5, 5.41) is 12.1. The van der Waals surface area contributed by atoms with Gasteiger partial charge in [0.2, 0.25) is 11.8 Å². The number of hydrogen-bond acceptors (Lipinski definition) is 4. The van der Waals surface area contributed by atoms with Crippen LogP contribution in [-0.2, 0) is 9.59 Å². The fourth-order valence-corrected chi connectivity index (χ4v) is 2.78. The lowest BCUT2D eigenvalue weighted by atomic mass is 10.00. The van der Waals surface area contributed by atoms with Crippen LogP contribution in [0.4, 0.5) is 0 Å². The quantitative estimate of drug-likeness (QED) is 0.513. The van der Waals surface area contributed by atoms with Gasteiger partial charge in [0.1, 0.15) is 0 Å². The first-order valence-corrected chi connectivity index (χ1v) is 6.35. The molecule has 17 heavy (non-hydrogen) atoms. The molecule has 1 saturated heterocycles. The van der Waals surface area contributed by atoms with E-state index >= 15 is 0 Å². The van der Waals surface area contributed by atoms with Gasteiger partial charge in [-0.2, -0.15) is 0 Å². The second kappa shape index (κ2) is 5.14. The fourth-order valence-electron chi connectivity index (χ4n) is 2.78. The molecule has 0 aromatic rings. The minimum atomic E-state index is -0.403. The monoisotopic (exact) mass is 240 g/mol. The molecular weight excluding hydrogens is 220 g/mol. The number of fused-ring (bicyclic) bond motifs is 1. The number of nitrogens with zero attached hydrogens (tertiary/aromatic N) is 1. The van der Waals surface area contributed by atoms with Crippen LogP contribution in [0, 0.1) is 11.8 Å². The van der Waals surface area contributed by atoms with Crippen molar-refractivity contribution in [1.29, 1.82) is 0 Å². The Labute approximate surface area is 101 Å². The first kappa shape index (κ1) is 12.5. The van der Waals surface area contributed by atoms with E-state index in [0.29, 0.717) is 19.6 Å². The van der Waals surface area contributed by atoms with Crippen molar-refractivity contribution in [2.75, 3.05) is 19.6 Å². The summed E-state index contributed by atoms with van der Waals surface area (Å²) in [4.78, 5) is 25.3. The summed E-state index contributed by atoms with van der Waals surface area (Å²) in [6.07, 6.45) is 2.33. The van der Waals surface area contributed by atoms with Gasteiger partial charge < -0.3 is 10.4 Å². The molecule has 1 heterocycles. The van der Waals surface area contributed by atoms with E-state index < -0.39 is 6.10 Å². The standard InChI is InChI=1S/C12H20N2O3/c1-8(15)7-13-5-6-14-11(16)9-3-2-4-10(9)12(14)17/h8-10,13,15H,2-7H2,1H3. The number of nitrogens with one attached hydrogen (secondary N) is 1. The third-order valence-electron chi connectivity index (χ3n) is 3.63. The predicted octanol–water partition coefficient (Wildman–Crippen LogP) is -0.258. The largest absolute Gasteiger partial charge is 0.392 e. The van der Waals surface area contributed by atoms with Crippen molar-refractivity contribution in [1.82, 2.24) is 10.2 Å². The molecule has 3 unspecified atom stereocenters. The van der Waals surface area contributed by atoms with Gasteiger partial charge in [0, 0.05) is 19.6 Å². The lowest BCUT2D eigenvalue weighted by Gasteiger charge is -2.16. The molecule has 2 rings (SSSR count). The zero-order chi connectivity index (χ0) is 12.4. The number of imide groups is 1. The number of likely N-dealkylation sites (tertiary alicyclic amines) is 1. The van der Waals surface area contributed by atoms with E-state index in [1.54, 1.807) is 6.92 Å². The Bertz CT molecular complexity index is 295. The van der Waals surface area contributed by atoms with Crippen molar-refractivity contribution in [3.8, 4) is 0 Å². The smallest absolute Gasteiger partial charge is 0.233 e. The van der Waals surface area contributed by atoms with Crippen LogP contribution in [0.5, 0.6) is 0 Å². The first-order valence-electron chi connectivity index (χ1n) is 6.35. The van der Waals surface area contributed by atoms with Crippen molar-refractivity contribution < 1.29 is 14.7 Å². The van der Waals surface area contributed by atoms with E-state index in [1.807, 2.05) is 0 Å². The molecule has 2 fully saturated rings. The van der Waals surface area contributed by atoms with Crippen LogP contribution < -0.4 is 5.32 Å². The van der Waals surface area contributed by atoms with E-state index in [9.17, 15) is 9.59 Å². The van der Waals surface area contributed by atoms with Crippen LogP contribution >= 0.6 is 0 Å². The second-order valence-electron chi connectivity index (χ2n) is 5.03. The molecular formula is C12H20N2O3. The molecule has 0 aromatic carbocycles. The Hall–Kier alpha value is -0.940.